The fraction of sp³-hybridized carbons (Fsp3) is 0.323. The van der Waals surface area contributed by atoms with Crippen LogP contribution in [0.2, 0.25) is 0 Å². The summed E-state index contributed by atoms with van der Waals surface area (Å²) in [5.41, 5.74) is 3.96. The molecule has 0 N–H and O–H groups in total. The highest BCUT2D eigenvalue weighted by molar-refractivity contribution is 6.02. The SMILES string of the molecule is CCCCc1ccc(C(=O)OC(CC)c2cccc(C(=O)OC(=O)c3ccc(C(C)C)cc3)c2)cc1. The lowest BCUT2D eigenvalue weighted by Gasteiger charge is -2.17. The first-order chi connectivity index (χ1) is 17.3. The lowest BCUT2D eigenvalue weighted by molar-refractivity contribution is 0.0287. The van der Waals surface area contributed by atoms with Crippen molar-refractivity contribution in [3.8, 4) is 0 Å². The molecule has 0 saturated heterocycles. The average molecular weight is 487 g/mol. The Morgan fingerprint density at radius 2 is 1.33 bits per heavy atom. The molecule has 0 aromatic heterocycles. The van der Waals surface area contributed by atoms with Gasteiger partial charge in [0.05, 0.1) is 16.7 Å². The lowest BCUT2D eigenvalue weighted by atomic mass is 10.0. The molecule has 0 fully saturated rings. The fourth-order valence-electron chi connectivity index (χ4n) is 3.84. The second-order valence-electron chi connectivity index (χ2n) is 9.18. The lowest BCUT2D eigenvalue weighted by Crippen LogP contribution is -2.15. The smallest absolute Gasteiger partial charge is 0.346 e. The van der Waals surface area contributed by atoms with Crippen LogP contribution in [-0.2, 0) is 15.9 Å². The second-order valence-corrected chi connectivity index (χ2v) is 9.18. The zero-order valence-electron chi connectivity index (χ0n) is 21.5. The van der Waals surface area contributed by atoms with Gasteiger partial charge in [0.15, 0.2) is 0 Å². The fourth-order valence-corrected chi connectivity index (χ4v) is 3.84. The Morgan fingerprint density at radius 3 is 1.94 bits per heavy atom. The number of esters is 3. The molecule has 0 spiro atoms. The molecule has 188 valence electrons. The van der Waals surface area contributed by atoms with Crippen molar-refractivity contribution < 1.29 is 23.9 Å². The van der Waals surface area contributed by atoms with E-state index in [2.05, 4.69) is 20.8 Å². The van der Waals surface area contributed by atoms with E-state index in [4.69, 9.17) is 9.47 Å². The quantitative estimate of drug-likeness (QED) is 0.220. The van der Waals surface area contributed by atoms with Gasteiger partial charge in [-0.05, 0) is 78.3 Å². The molecule has 0 aliphatic carbocycles. The zero-order chi connectivity index (χ0) is 26.1. The summed E-state index contributed by atoms with van der Waals surface area (Å²) in [6.45, 7) is 8.18. The molecule has 0 aliphatic heterocycles. The monoisotopic (exact) mass is 486 g/mol. The van der Waals surface area contributed by atoms with Gasteiger partial charge in [-0.1, -0.05) is 70.5 Å². The van der Waals surface area contributed by atoms with E-state index in [-0.39, 0.29) is 5.56 Å². The van der Waals surface area contributed by atoms with Crippen molar-refractivity contribution in [1.29, 1.82) is 0 Å². The molecular formula is C31H34O5. The summed E-state index contributed by atoms with van der Waals surface area (Å²) in [5.74, 6) is -1.54. The van der Waals surface area contributed by atoms with Crippen molar-refractivity contribution >= 4 is 17.9 Å². The van der Waals surface area contributed by atoms with Crippen LogP contribution in [0.4, 0.5) is 0 Å². The van der Waals surface area contributed by atoms with Gasteiger partial charge in [-0.3, -0.25) is 0 Å². The van der Waals surface area contributed by atoms with Crippen molar-refractivity contribution in [2.45, 2.75) is 65.4 Å². The van der Waals surface area contributed by atoms with Crippen LogP contribution in [0.1, 0.15) is 107 Å². The van der Waals surface area contributed by atoms with E-state index in [9.17, 15) is 14.4 Å². The van der Waals surface area contributed by atoms with Gasteiger partial charge in [0, 0.05) is 0 Å². The van der Waals surface area contributed by atoms with Crippen LogP contribution in [0, 0.1) is 0 Å². The number of unbranched alkanes of at least 4 members (excludes halogenated alkanes) is 1. The summed E-state index contributed by atoms with van der Waals surface area (Å²) in [6.07, 6.45) is 3.20. The van der Waals surface area contributed by atoms with E-state index in [0.29, 0.717) is 29.0 Å². The van der Waals surface area contributed by atoms with E-state index in [1.807, 2.05) is 31.2 Å². The van der Waals surface area contributed by atoms with Gasteiger partial charge in [0.25, 0.3) is 0 Å². The maximum Gasteiger partial charge on any atom is 0.346 e. The maximum atomic E-state index is 12.7. The summed E-state index contributed by atoms with van der Waals surface area (Å²) in [4.78, 5) is 37.9. The van der Waals surface area contributed by atoms with Crippen molar-refractivity contribution in [3.63, 3.8) is 0 Å². The summed E-state index contributed by atoms with van der Waals surface area (Å²) < 4.78 is 10.8. The number of ether oxygens (including phenoxy) is 2. The normalized spacial score (nSPS) is 11.7. The van der Waals surface area contributed by atoms with Gasteiger partial charge >= 0.3 is 17.9 Å². The molecule has 0 saturated carbocycles. The van der Waals surface area contributed by atoms with Gasteiger partial charge in [0.1, 0.15) is 6.10 Å². The topological polar surface area (TPSA) is 69.7 Å². The number of benzene rings is 3. The molecule has 0 heterocycles. The minimum atomic E-state index is -0.751. The number of aryl methyl sites for hydroxylation is 1. The van der Waals surface area contributed by atoms with Crippen LogP contribution in [0.5, 0.6) is 0 Å². The Labute approximate surface area is 213 Å². The zero-order valence-corrected chi connectivity index (χ0v) is 21.5. The molecule has 5 heteroatoms. The molecule has 0 bridgehead atoms. The molecule has 0 aliphatic rings. The predicted octanol–water partition coefficient (Wildman–Crippen LogP) is 7.46. The number of carbonyl (C=O) groups is 3. The van der Waals surface area contributed by atoms with Crippen LogP contribution >= 0.6 is 0 Å². The van der Waals surface area contributed by atoms with Crippen molar-refractivity contribution in [2.75, 3.05) is 0 Å². The van der Waals surface area contributed by atoms with Gasteiger partial charge < -0.3 is 9.47 Å². The maximum absolute atomic E-state index is 12.7. The number of hydrogen-bond donors (Lipinski definition) is 0. The Kier molecular flexibility index (Phi) is 9.57. The molecular weight excluding hydrogens is 452 g/mol. The molecule has 3 aromatic rings. The molecule has 36 heavy (non-hydrogen) atoms. The first-order valence-electron chi connectivity index (χ1n) is 12.6. The third-order valence-electron chi connectivity index (χ3n) is 6.12. The van der Waals surface area contributed by atoms with Crippen LogP contribution in [-0.4, -0.2) is 17.9 Å². The molecule has 0 radical (unpaired) electrons. The summed E-state index contributed by atoms with van der Waals surface area (Å²) in [5, 5.41) is 0. The summed E-state index contributed by atoms with van der Waals surface area (Å²) >= 11 is 0. The molecule has 5 nitrogen and oxygen atoms in total. The van der Waals surface area contributed by atoms with E-state index in [1.54, 1.807) is 48.5 Å². The number of carbonyl (C=O) groups excluding carboxylic acids is 3. The second kappa shape index (κ2) is 12.8. The Bertz CT molecular complexity index is 1180. The van der Waals surface area contributed by atoms with Crippen molar-refractivity contribution in [1.82, 2.24) is 0 Å². The summed E-state index contributed by atoms with van der Waals surface area (Å²) in [6, 6.07) is 21.2. The highest BCUT2D eigenvalue weighted by Gasteiger charge is 2.20. The Balaban J connectivity index is 1.66. The Hall–Kier alpha value is -3.73. The van der Waals surface area contributed by atoms with Crippen LogP contribution in [0.25, 0.3) is 0 Å². The third kappa shape index (κ3) is 7.14. The molecule has 3 rings (SSSR count). The van der Waals surface area contributed by atoms with Crippen molar-refractivity contribution in [3.05, 3.63) is 106 Å². The van der Waals surface area contributed by atoms with Crippen LogP contribution < -0.4 is 0 Å². The van der Waals surface area contributed by atoms with Gasteiger partial charge in [-0.2, -0.15) is 0 Å². The standard InChI is InChI=1S/C31H34O5/c1-5-7-9-22-12-14-24(15-13-22)29(32)35-28(6-2)26-10-8-11-27(20-26)31(34)36-30(33)25-18-16-23(17-19-25)21(3)4/h8,10-21,28H,5-7,9H2,1-4H3. The van der Waals surface area contributed by atoms with Crippen molar-refractivity contribution in [2.24, 2.45) is 0 Å². The summed E-state index contributed by atoms with van der Waals surface area (Å²) in [7, 11) is 0. The van der Waals surface area contributed by atoms with Gasteiger partial charge in [0.2, 0.25) is 0 Å². The van der Waals surface area contributed by atoms with Crippen LogP contribution in [0.3, 0.4) is 0 Å². The number of hydrogen-bond acceptors (Lipinski definition) is 5. The Morgan fingerprint density at radius 1 is 0.722 bits per heavy atom. The van der Waals surface area contributed by atoms with E-state index < -0.39 is 24.0 Å². The van der Waals surface area contributed by atoms with Gasteiger partial charge in [-0.15, -0.1) is 0 Å². The molecule has 1 atom stereocenters. The average Bonchev–Trinajstić information content (AvgIpc) is 2.90. The van der Waals surface area contributed by atoms with E-state index in [1.165, 1.54) is 5.56 Å². The van der Waals surface area contributed by atoms with Crippen LogP contribution in [0.15, 0.2) is 72.8 Å². The molecule has 1 unspecified atom stereocenters. The van der Waals surface area contributed by atoms with E-state index in [0.717, 1.165) is 24.8 Å². The minimum Gasteiger partial charge on any atom is -0.454 e. The first-order valence-corrected chi connectivity index (χ1v) is 12.6. The highest BCUT2D eigenvalue weighted by atomic mass is 16.6. The highest BCUT2D eigenvalue weighted by Crippen LogP contribution is 2.24. The van der Waals surface area contributed by atoms with Gasteiger partial charge in [-0.25, -0.2) is 14.4 Å². The molecule has 0 amide bonds. The third-order valence-corrected chi connectivity index (χ3v) is 6.12. The predicted molar refractivity (Wildman–Crippen MR) is 140 cm³/mol. The number of rotatable bonds is 10. The minimum absolute atomic E-state index is 0.217. The first kappa shape index (κ1) is 26.9. The van der Waals surface area contributed by atoms with E-state index >= 15 is 0 Å². The molecule has 3 aromatic carbocycles. The largest absolute Gasteiger partial charge is 0.454 e.